The second-order valence-electron chi connectivity index (χ2n) is 3.94. The molecule has 0 aliphatic carbocycles. The van der Waals surface area contributed by atoms with Gasteiger partial charge >= 0.3 is 0 Å². The molecule has 1 nitrogen and oxygen atoms in total. The Hall–Kier alpha value is -1.74. The van der Waals surface area contributed by atoms with E-state index in [1.165, 1.54) is 19.1 Å². The molecular formula is C14H13F2N. The molecule has 88 valence electrons. The maximum absolute atomic E-state index is 13.8. The standard InChI is InChI=1S/C14H13F2N/c1-9-6-14(16)12(7-13(9)15)11-5-3-2-4-10(11)8-17/h2-7H,8,17H2,1H3. The third-order valence-electron chi connectivity index (χ3n) is 2.78. The Balaban J connectivity index is 2.64. The molecule has 0 heterocycles. The summed E-state index contributed by atoms with van der Waals surface area (Å²) in [4.78, 5) is 0. The van der Waals surface area contributed by atoms with Gasteiger partial charge in [-0.05, 0) is 35.7 Å². The summed E-state index contributed by atoms with van der Waals surface area (Å²) in [5, 5.41) is 0. The van der Waals surface area contributed by atoms with E-state index >= 15 is 0 Å². The van der Waals surface area contributed by atoms with Crippen molar-refractivity contribution < 1.29 is 8.78 Å². The van der Waals surface area contributed by atoms with Gasteiger partial charge in [-0.2, -0.15) is 0 Å². The van der Waals surface area contributed by atoms with Crippen LogP contribution in [0.4, 0.5) is 8.78 Å². The van der Waals surface area contributed by atoms with Gasteiger partial charge in [0.1, 0.15) is 11.6 Å². The monoisotopic (exact) mass is 233 g/mol. The van der Waals surface area contributed by atoms with E-state index in [1.54, 1.807) is 12.1 Å². The lowest BCUT2D eigenvalue weighted by molar-refractivity contribution is 0.595. The highest BCUT2D eigenvalue weighted by atomic mass is 19.1. The quantitative estimate of drug-likeness (QED) is 0.845. The summed E-state index contributed by atoms with van der Waals surface area (Å²) in [6.45, 7) is 1.84. The molecule has 0 aliphatic heterocycles. The van der Waals surface area contributed by atoms with E-state index in [-0.39, 0.29) is 5.56 Å². The first-order valence-electron chi connectivity index (χ1n) is 5.37. The van der Waals surface area contributed by atoms with Crippen LogP contribution in [-0.4, -0.2) is 0 Å². The highest BCUT2D eigenvalue weighted by Gasteiger charge is 2.11. The van der Waals surface area contributed by atoms with Gasteiger partial charge in [0, 0.05) is 12.1 Å². The van der Waals surface area contributed by atoms with E-state index in [9.17, 15) is 8.78 Å². The molecule has 0 radical (unpaired) electrons. The largest absolute Gasteiger partial charge is 0.326 e. The van der Waals surface area contributed by atoms with Crippen LogP contribution in [0.15, 0.2) is 36.4 Å². The topological polar surface area (TPSA) is 26.0 Å². The van der Waals surface area contributed by atoms with Crippen molar-refractivity contribution >= 4 is 0 Å². The van der Waals surface area contributed by atoms with E-state index < -0.39 is 11.6 Å². The highest BCUT2D eigenvalue weighted by Crippen LogP contribution is 2.28. The Morgan fingerprint density at radius 2 is 1.71 bits per heavy atom. The number of hydrogen-bond donors (Lipinski definition) is 1. The zero-order valence-electron chi connectivity index (χ0n) is 9.50. The van der Waals surface area contributed by atoms with E-state index in [0.717, 1.165) is 5.56 Å². The van der Waals surface area contributed by atoms with Crippen LogP contribution in [0.3, 0.4) is 0 Å². The lowest BCUT2D eigenvalue weighted by Crippen LogP contribution is -2.00. The first-order valence-corrected chi connectivity index (χ1v) is 5.37. The van der Waals surface area contributed by atoms with Crippen molar-refractivity contribution in [2.24, 2.45) is 5.73 Å². The van der Waals surface area contributed by atoms with Crippen LogP contribution in [0, 0.1) is 18.6 Å². The van der Waals surface area contributed by atoms with Crippen LogP contribution in [0.1, 0.15) is 11.1 Å². The molecule has 2 aromatic carbocycles. The number of nitrogens with two attached hydrogens (primary N) is 1. The molecular weight excluding hydrogens is 220 g/mol. The molecule has 0 saturated carbocycles. The predicted octanol–water partition coefficient (Wildman–Crippen LogP) is 3.40. The average molecular weight is 233 g/mol. The Labute approximate surface area is 98.9 Å². The van der Waals surface area contributed by atoms with Crippen molar-refractivity contribution in [1.29, 1.82) is 0 Å². The number of benzene rings is 2. The summed E-state index contributed by atoms with van der Waals surface area (Å²) in [5.41, 5.74) is 7.60. The van der Waals surface area contributed by atoms with E-state index in [0.29, 0.717) is 17.7 Å². The molecule has 0 bridgehead atoms. The van der Waals surface area contributed by atoms with Crippen molar-refractivity contribution in [1.82, 2.24) is 0 Å². The molecule has 0 saturated heterocycles. The van der Waals surface area contributed by atoms with Crippen molar-refractivity contribution in [3.05, 3.63) is 59.2 Å². The van der Waals surface area contributed by atoms with Gasteiger partial charge < -0.3 is 5.73 Å². The smallest absolute Gasteiger partial charge is 0.131 e. The van der Waals surface area contributed by atoms with Gasteiger partial charge in [0.05, 0.1) is 0 Å². The van der Waals surface area contributed by atoms with Crippen molar-refractivity contribution in [2.75, 3.05) is 0 Å². The van der Waals surface area contributed by atoms with E-state index in [2.05, 4.69) is 0 Å². The normalized spacial score (nSPS) is 10.6. The van der Waals surface area contributed by atoms with E-state index in [4.69, 9.17) is 5.73 Å². The third kappa shape index (κ3) is 2.19. The van der Waals surface area contributed by atoms with E-state index in [1.807, 2.05) is 12.1 Å². The Kier molecular flexibility index (Phi) is 3.20. The molecule has 0 spiro atoms. The first kappa shape index (κ1) is 11.7. The zero-order valence-corrected chi connectivity index (χ0v) is 9.50. The fourth-order valence-corrected chi connectivity index (χ4v) is 1.81. The summed E-state index contributed by atoms with van der Waals surface area (Å²) in [6, 6.07) is 9.60. The van der Waals surface area contributed by atoms with Crippen molar-refractivity contribution in [3.63, 3.8) is 0 Å². The van der Waals surface area contributed by atoms with Gasteiger partial charge in [0.25, 0.3) is 0 Å². The molecule has 2 N–H and O–H groups in total. The van der Waals surface area contributed by atoms with Crippen LogP contribution in [0.25, 0.3) is 11.1 Å². The van der Waals surface area contributed by atoms with Gasteiger partial charge in [-0.3, -0.25) is 0 Å². The fourth-order valence-electron chi connectivity index (χ4n) is 1.81. The Bertz CT molecular complexity index is 550. The first-order chi connectivity index (χ1) is 8.13. The molecule has 0 aliphatic rings. The van der Waals surface area contributed by atoms with Crippen LogP contribution in [0.5, 0.6) is 0 Å². The second kappa shape index (κ2) is 4.63. The number of aryl methyl sites for hydroxylation is 1. The molecule has 2 rings (SSSR count). The van der Waals surface area contributed by atoms with Crippen LogP contribution >= 0.6 is 0 Å². The average Bonchev–Trinajstić information content (AvgIpc) is 2.34. The van der Waals surface area contributed by atoms with Gasteiger partial charge in [0.2, 0.25) is 0 Å². The molecule has 3 heteroatoms. The lowest BCUT2D eigenvalue weighted by Gasteiger charge is -2.10. The molecule has 0 unspecified atom stereocenters. The minimum atomic E-state index is -0.426. The molecule has 0 aromatic heterocycles. The Morgan fingerprint density at radius 1 is 1.00 bits per heavy atom. The maximum Gasteiger partial charge on any atom is 0.131 e. The lowest BCUT2D eigenvalue weighted by atomic mass is 9.98. The van der Waals surface area contributed by atoms with Crippen LogP contribution < -0.4 is 5.73 Å². The van der Waals surface area contributed by atoms with Gasteiger partial charge in [-0.25, -0.2) is 8.78 Å². The summed E-state index contributed by atoms with van der Waals surface area (Å²) in [7, 11) is 0. The minimum absolute atomic E-state index is 0.258. The Morgan fingerprint density at radius 3 is 2.41 bits per heavy atom. The number of rotatable bonds is 2. The molecule has 0 fully saturated rings. The molecule has 0 amide bonds. The molecule has 0 atom stereocenters. The van der Waals surface area contributed by atoms with Crippen molar-refractivity contribution in [3.8, 4) is 11.1 Å². The molecule has 2 aromatic rings. The summed E-state index contributed by atoms with van der Waals surface area (Å²) in [6.07, 6.45) is 0. The maximum atomic E-state index is 13.8. The van der Waals surface area contributed by atoms with Crippen LogP contribution in [0.2, 0.25) is 0 Å². The fraction of sp³-hybridized carbons (Fsp3) is 0.143. The summed E-state index contributed by atoms with van der Waals surface area (Å²) >= 11 is 0. The third-order valence-corrected chi connectivity index (χ3v) is 2.78. The van der Waals surface area contributed by atoms with Crippen LogP contribution in [-0.2, 0) is 6.54 Å². The highest BCUT2D eigenvalue weighted by molar-refractivity contribution is 5.68. The van der Waals surface area contributed by atoms with Gasteiger partial charge in [-0.1, -0.05) is 24.3 Å². The summed E-state index contributed by atoms with van der Waals surface area (Å²) in [5.74, 6) is -0.835. The van der Waals surface area contributed by atoms with Gasteiger partial charge in [-0.15, -0.1) is 0 Å². The predicted molar refractivity (Wildman–Crippen MR) is 64.4 cm³/mol. The number of halogens is 2. The second-order valence-corrected chi connectivity index (χ2v) is 3.94. The van der Waals surface area contributed by atoms with Gasteiger partial charge in [0.15, 0.2) is 0 Å². The molecule has 17 heavy (non-hydrogen) atoms. The SMILES string of the molecule is Cc1cc(F)c(-c2ccccc2CN)cc1F. The number of hydrogen-bond acceptors (Lipinski definition) is 1. The summed E-state index contributed by atoms with van der Waals surface area (Å²) < 4.78 is 27.3. The minimum Gasteiger partial charge on any atom is -0.326 e. The van der Waals surface area contributed by atoms with Crippen molar-refractivity contribution in [2.45, 2.75) is 13.5 Å². The zero-order chi connectivity index (χ0) is 12.4.